The first kappa shape index (κ1) is 15.9. The molecule has 0 radical (unpaired) electrons. The smallest absolute Gasteiger partial charge is 0.258 e. The fourth-order valence-electron chi connectivity index (χ4n) is 1.67. The molecule has 0 aromatic heterocycles. The molecule has 1 aromatic rings. The van der Waals surface area contributed by atoms with Crippen molar-refractivity contribution in [2.75, 3.05) is 6.54 Å². The van der Waals surface area contributed by atoms with Crippen molar-refractivity contribution < 1.29 is 9.18 Å². The maximum absolute atomic E-state index is 13.7. The summed E-state index contributed by atoms with van der Waals surface area (Å²) in [6, 6.07) is 4.07. The molecule has 1 amide bonds. The number of thiocarbonyl (C=S) groups is 1. The first-order valence-electron chi connectivity index (χ1n) is 5.88. The SMILES string of the molecule is CC(C)N(CCC(N)=S)C(=O)c1c(F)cccc1Cl. The van der Waals surface area contributed by atoms with E-state index >= 15 is 0 Å². The fourth-order valence-corrected chi connectivity index (χ4v) is 2.01. The van der Waals surface area contributed by atoms with Crippen LogP contribution in [0.2, 0.25) is 5.02 Å². The average Bonchev–Trinajstić information content (AvgIpc) is 2.27. The predicted molar refractivity (Wildman–Crippen MR) is 79.0 cm³/mol. The Balaban J connectivity index is 3.03. The monoisotopic (exact) mass is 302 g/mol. The van der Waals surface area contributed by atoms with Gasteiger partial charge in [0.15, 0.2) is 0 Å². The maximum atomic E-state index is 13.7. The zero-order valence-corrected chi connectivity index (χ0v) is 12.4. The molecular weight excluding hydrogens is 287 g/mol. The molecule has 19 heavy (non-hydrogen) atoms. The van der Waals surface area contributed by atoms with Crippen molar-refractivity contribution in [2.45, 2.75) is 26.3 Å². The van der Waals surface area contributed by atoms with Gasteiger partial charge in [0, 0.05) is 19.0 Å². The molecule has 1 aromatic carbocycles. The van der Waals surface area contributed by atoms with Crippen LogP contribution in [0.3, 0.4) is 0 Å². The van der Waals surface area contributed by atoms with E-state index in [4.69, 9.17) is 29.6 Å². The number of hydrogen-bond donors (Lipinski definition) is 1. The Hall–Kier alpha value is -1.20. The number of amides is 1. The summed E-state index contributed by atoms with van der Waals surface area (Å²) in [4.78, 5) is 14.2. The molecule has 3 nitrogen and oxygen atoms in total. The summed E-state index contributed by atoms with van der Waals surface area (Å²) in [6.07, 6.45) is 0.394. The highest BCUT2D eigenvalue weighted by Crippen LogP contribution is 2.21. The molecule has 6 heteroatoms. The molecule has 0 aliphatic carbocycles. The molecule has 0 saturated heterocycles. The molecule has 0 bridgehead atoms. The van der Waals surface area contributed by atoms with Gasteiger partial charge in [-0.25, -0.2) is 4.39 Å². The third-order valence-electron chi connectivity index (χ3n) is 2.66. The van der Waals surface area contributed by atoms with Gasteiger partial charge in [0.2, 0.25) is 0 Å². The molecule has 0 atom stereocenters. The van der Waals surface area contributed by atoms with Crippen molar-refractivity contribution in [1.29, 1.82) is 0 Å². The van der Waals surface area contributed by atoms with Gasteiger partial charge in [-0.2, -0.15) is 0 Å². The lowest BCUT2D eigenvalue weighted by Gasteiger charge is -2.27. The Kier molecular flexibility index (Phi) is 5.69. The molecule has 0 heterocycles. The van der Waals surface area contributed by atoms with E-state index in [1.807, 2.05) is 13.8 Å². The number of nitrogens with two attached hydrogens (primary N) is 1. The Morgan fingerprint density at radius 2 is 2.16 bits per heavy atom. The predicted octanol–water partition coefficient (Wildman–Crippen LogP) is 3.01. The molecule has 0 saturated carbocycles. The fraction of sp³-hybridized carbons (Fsp3) is 0.385. The van der Waals surface area contributed by atoms with Crippen molar-refractivity contribution in [1.82, 2.24) is 4.90 Å². The average molecular weight is 303 g/mol. The van der Waals surface area contributed by atoms with Gasteiger partial charge in [0.25, 0.3) is 5.91 Å². The molecular formula is C13H16ClFN2OS. The highest BCUT2D eigenvalue weighted by atomic mass is 35.5. The third-order valence-corrected chi connectivity index (χ3v) is 3.18. The second-order valence-electron chi connectivity index (χ2n) is 4.41. The number of rotatable bonds is 5. The minimum atomic E-state index is -0.626. The van der Waals surface area contributed by atoms with Crippen LogP contribution < -0.4 is 5.73 Å². The van der Waals surface area contributed by atoms with Crippen LogP contribution in [0.25, 0.3) is 0 Å². The van der Waals surface area contributed by atoms with Crippen molar-refractivity contribution in [2.24, 2.45) is 5.73 Å². The van der Waals surface area contributed by atoms with Gasteiger partial charge in [0.1, 0.15) is 5.82 Å². The summed E-state index contributed by atoms with van der Waals surface area (Å²) in [7, 11) is 0. The van der Waals surface area contributed by atoms with Crippen molar-refractivity contribution in [3.63, 3.8) is 0 Å². The van der Waals surface area contributed by atoms with Crippen molar-refractivity contribution in [3.8, 4) is 0 Å². The van der Waals surface area contributed by atoms with Crippen LogP contribution in [-0.2, 0) is 0 Å². The second kappa shape index (κ2) is 6.82. The van der Waals surface area contributed by atoms with Gasteiger partial charge < -0.3 is 10.6 Å². The van der Waals surface area contributed by atoms with E-state index in [0.717, 1.165) is 0 Å². The summed E-state index contributed by atoms with van der Waals surface area (Å²) in [5, 5.41) is 0.103. The van der Waals surface area contributed by atoms with E-state index in [-0.39, 0.29) is 16.6 Å². The molecule has 0 aliphatic rings. The molecule has 104 valence electrons. The lowest BCUT2D eigenvalue weighted by Crippen LogP contribution is -2.39. The topological polar surface area (TPSA) is 46.3 Å². The maximum Gasteiger partial charge on any atom is 0.258 e. The zero-order valence-electron chi connectivity index (χ0n) is 10.8. The van der Waals surface area contributed by atoms with Crippen LogP contribution in [0.5, 0.6) is 0 Å². The lowest BCUT2D eigenvalue weighted by atomic mass is 10.1. The summed E-state index contributed by atoms with van der Waals surface area (Å²) in [5.41, 5.74) is 5.32. The van der Waals surface area contributed by atoms with Gasteiger partial charge in [-0.1, -0.05) is 29.9 Å². The summed E-state index contributed by atoms with van der Waals surface area (Å²) >= 11 is 10.7. The molecule has 0 fully saturated rings. The van der Waals surface area contributed by atoms with E-state index in [2.05, 4.69) is 0 Å². The minimum Gasteiger partial charge on any atom is -0.393 e. The first-order valence-corrected chi connectivity index (χ1v) is 6.66. The van der Waals surface area contributed by atoms with Gasteiger partial charge in [0.05, 0.1) is 15.6 Å². The number of nitrogens with zero attached hydrogens (tertiary/aromatic N) is 1. The van der Waals surface area contributed by atoms with E-state index in [1.54, 1.807) is 0 Å². The minimum absolute atomic E-state index is 0.0995. The van der Waals surface area contributed by atoms with Crippen LogP contribution in [0, 0.1) is 5.82 Å². The van der Waals surface area contributed by atoms with Crippen LogP contribution in [0.15, 0.2) is 18.2 Å². The van der Waals surface area contributed by atoms with Gasteiger partial charge in [-0.15, -0.1) is 0 Å². The Labute approximate surface area is 122 Å². The van der Waals surface area contributed by atoms with Crippen LogP contribution in [-0.4, -0.2) is 28.4 Å². The number of carbonyl (C=O) groups excluding carboxylic acids is 1. The number of halogens is 2. The summed E-state index contributed by atoms with van der Waals surface area (Å²) < 4.78 is 13.7. The molecule has 0 spiro atoms. The zero-order chi connectivity index (χ0) is 14.6. The Bertz CT molecular complexity index is 473. The normalized spacial score (nSPS) is 10.6. The molecule has 0 unspecified atom stereocenters. The second-order valence-corrected chi connectivity index (χ2v) is 5.34. The Morgan fingerprint density at radius 1 is 1.53 bits per heavy atom. The number of hydrogen-bond acceptors (Lipinski definition) is 2. The molecule has 0 aliphatic heterocycles. The highest BCUT2D eigenvalue weighted by Gasteiger charge is 2.23. The Morgan fingerprint density at radius 3 is 2.63 bits per heavy atom. The van der Waals surface area contributed by atoms with E-state index < -0.39 is 11.7 Å². The molecule has 1 rings (SSSR count). The van der Waals surface area contributed by atoms with E-state index in [0.29, 0.717) is 18.0 Å². The quantitative estimate of drug-likeness (QED) is 0.851. The van der Waals surface area contributed by atoms with Gasteiger partial charge >= 0.3 is 0 Å². The van der Waals surface area contributed by atoms with Crippen LogP contribution in [0.4, 0.5) is 4.39 Å². The van der Waals surface area contributed by atoms with Crippen LogP contribution >= 0.6 is 23.8 Å². The van der Waals surface area contributed by atoms with E-state index in [9.17, 15) is 9.18 Å². The standard InChI is InChI=1S/C13H16ClFN2OS/c1-8(2)17(7-6-11(16)19)13(18)12-9(14)4-3-5-10(12)15/h3-5,8H,6-7H2,1-2H3,(H2,16,19). The third kappa shape index (κ3) is 4.14. The van der Waals surface area contributed by atoms with Gasteiger partial charge in [-0.05, 0) is 26.0 Å². The lowest BCUT2D eigenvalue weighted by molar-refractivity contribution is 0.0707. The van der Waals surface area contributed by atoms with Crippen LogP contribution in [0.1, 0.15) is 30.6 Å². The van der Waals surface area contributed by atoms with Gasteiger partial charge in [-0.3, -0.25) is 4.79 Å². The summed E-state index contributed by atoms with van der Waals surface area (Å²) in [5.74, 6) is -1.08. The molecule has 2 N–H and O–H groups in total. The summed E-state index contributed by atoms with van der Waals surface area (Å²) in [6.45, 7) is 4.02. The number of benzene rings is 1. The van der Waals surface area contributed by atoms with Crippen molar-refractivity contribution in [3.05, 3.63) is 34.6 Å². The largest absolute Gasteiger partial charge is 0.393 e. The van der Waals surface area contributed by atoms with E-state index in [1.165, 1.54) is 23.1 Å². The highest BCUT2D eigenvalue weighted by molar-refractivity contribution is 7.80. The first-order chi connectivity index (χ1) is 8.84. The number of carbonyl (C=O) groups is 1. The van der Waals surface area contributed by atoms with Crippen molar-refractivity contribution >= 4 is 34.7 Å².